The largest absolute Gasteiger partial charge is 0.355 e. The van der Waals surface area contributed by atoms with Gasteiger partial charge < -0.3 is 15.1 Å². The highest BCUT2D eigenvalue weighted by molar-refractivity contribution is 5.85. The summed E-state index contributed by atoms with van der Waals surface area (Å²) in [6, 6.07) is 10.1. The number of hydrogen-bond donors (Lipinski definition) is 1. The van der Waals surface area contributed by atoms with Gasteiger partial charge in [-0.3, -0.25) is 9.79 Å². The number of benzene rings is 1. The van der Waals surface area contributed by atoms with Crippen molar-refractivity contribution in [1.82, 2.24) is 24.9 Å². The SMILES string of the molecule is CN=C(NCC1(C(=O)N(C)C)CCCC1)N(C)Cc1cnn(-c2ccccc2)c1. The Hall–Kier alpha value is -2.83. The van der Waals surface area contributed by atoms with Gasteiger partial charge in [0.2, 0.25) is 5.91 Å². The number of hydrogen-bond acceptors (Lipinski definition) is 3. The number of para-hydroxylation sites is 1. The molecule has 1 fully saturated rings. The zero-order chi connectivity index (χ0) is 20.9. The number of carbonyl (C=O) groups is 1. The predicted molar refractivity (Wildman–Crippen MR) is 116 cm³/mol. The van der Waals surface area contributed by atoms with E-state index in [0.29, 0.717) is 13.1 Å². The van der Waals surface area contributed by atoms with E-state index >= 15 is 0 Å². The molecular formula is C22H32N6O. The molecule has 0 unspecified atom stereocenters. The van der Waals surface area contributed by atoms with Gasteiger partial charge in [0.25, 0.3) is 0 Å². The topological polar surface area (TPSA) is 65.8 Å². The number of amides is 1. The van der Waals surface area contributed by atoms with E-state index in [-0.39, 0.29) is 11.3 Å². The molecule has 1 saturated carbocycles. The van der Waals surface area contributed by atoms with Gasteiger partial charge in [-0.1, -0.05) is 31.0 Å². The molecule has 7 nitrogen and oxygen atoms in total. The maximum atomic E-state index is 12.8. The van der Waals surface area contributed by atoms with E-state index in [2.05, 4.69) is 20.3 Å². The first-order valence-electron chi connectivity index (χ1n) is 10.2. The minimum Gasteiger partial charge on any atom is -0.355 e. The number of nitrogens with zero attached hydrogens (tertiary/aromatic N) is 5. The normalized spacial score (nSPS) is 15.9. The molecule has 1 aromatic heterocycles. The molecule has 1 heterocycles. The Morgan fingerprint density at radius 2 is 1.90 bits per heavy atom. The van der Waals surface area contributed by atoms with Crippen LogP contribution in [0.2, 0.25) is 0 Å². The third-order valence-electron chi connectivity index (χ3n) is 5.66. The van der Waals surface area contributed by atoms with Gasteiger partial charge in [0, 0.05) is 53.0 Å². The van der Waals surface area contributed by atoms with Crippen LogP contribution < -0.4 is 5.32 Å². The number of carbonyl (C=O) groups excluding carboxylic acids is 1. The van der Waals surface area contributed by atoms with Crippen molar-refractivity contribution in [3.63, 3.8) is 0 Å². The average Bonchev–Trinajstić information content (AvgIpc) is 3.39. The van der Waals surface area contributed by atoms with Crippen LogP contribution in [-0.2, 0) is 11.3 Å². The predicted octanol–water partition coefficient (Wildman–Crippen LogP) is 2.53. The molecule has 29 heavy (non-hydrogen) atoms. The van der Waals surface area contributed by atoms with Crippen LogP contribution in [0.15, 0.2) is 47.7 Å². The van der Waals surface area contributed by atoms with Crippen LogP contribution >= 0.6 is 0 Å². The second kappa shape index (κ2) is 9.11. The Labute approximate surface area is 173 Å². The number of aliphatic imine (C=N–C) groups is 1. The molecule has 0 bridgehead atoms. The third kappa shape index (κ3) is 4.78. The van der Waals surface area contributed by atoms with Crippen LogP contribution in [0.4, 0.5) is 0 Å². The molecule has 0 saturated heterocycles. The van der Waals surface area contributed by atoms with E-state index in [1.165, 1.54) is 0 Å². The Balaban J connectivity index is 1.63. The van der Waals surface area contributed by atoms with Gasteiger partial charge in [-0.15, -0.1) is 0 Å². The van der Waals surface area contributed by atoms with Crippen molar-refractivity contribution in [3.8, 4) is 5.69 Å². The molecule has 1 aliphatic carbocycles. The lowest BCUT2D eigenvalue weighted by Gasteiger charge is -2.32. The first-order valence-corrected chi connectivity index (χ1v) is 10.2. The van der Waals surface area contributed by atoms with Crippen molar-refractivity contribution in [2.24, 2.45) is 10.4 Å². The molecular weight excluding hydrogens is 364 g/mol. The van der Waals surface area contributed by atoms with Crippen LogP contribution in [-0.4, -0.2) is 66.2 Å². The lowest BCUT2D eigenvalue weighted by molar-refractivity contribution is -0.138. The van der Waals surface area contributed by atoms with Gasteiger partial charge >= 0.3 is 0 Å². The average molecular weight is 397 g/mol. The minimum atomic E-state index is -0.321. The zero-order valence-electron chi connectivity index (χ0n) is 17.9. The molecule has 156 valence electrons. The summed E-state index contributed by atoms with van der Waals surface area (Å²) in [5, 5.41) is 7.91. The highest BCUT2D eigenvalue weighted by Gasteiger charge is 2.42. The van der Waals surface area contributed by atoms with E-state index in [0.717, 1.165) is 42.9 Å². The summed E-state index contributed by atoms with van der Waals surface area (Å²) in [5.41, 5.74) is 1.81. The Bertz CT molecular complexity index is 836. The molecule has 7 heteroatoms. The molecule has 3 rings (SSSR count). The van der Waals surface area contributed by atoms with Crippen molar-refractivity contribution in [2.45, 2.75) is 32.2 Å². The molecule has 1 amide bonds. The minimum absolute atomic E-state index is 0.213. The highest BCUT2D eigenvalue weighted by atomic mass is 16.2. The van der Waals surface area contributed by atoms with Gasteiger partial charge in [0.05, 0.1) is 17.3 Å². The van der Waals surface area contributed by atoms with E-state index < -0.39 is 0 Å². The summed E-state index contributed by atoms with van der Waals surface area (Å²) in [6.45, 7) is 1.30. The fraction of sp³-hybridized carbons (Fsp3) is 0.500. The number of rotatable bonds is 6. The lowest BCUT2D eigenvalue weighted by atomic mass is 9.84. The molecule has 1 N–H and O–H groups in total. The smallest absolute Gasteiger partial charge is 0.230 e. The number of aromatic nitrogens is 2. The lowest BCUT2D eigenvalue weighted by Crippen LogP contribution is -2.49. The van der Waals surface area contributed by atoms with Crippen LogP contribution in [0.5, 0.6) is 0 Å². The molecule has 1 aliphatic rings. The van der Waals surface area contributed by atoms with Gasteiger partial charge in [-0.2, -0.15) is 5.10 Å². The monoisotopic (exact) mass is 396 g/mol. The summed E-state index contributed by atoms with van der Waals surface area (Å²) in [4.78, 5) is 21.0. The van der Waals surface area contributed by atoms with Crippen molar-refractivity contribution in [1.29, 1.82) is 0 Å². The Morgan fingerprint density at radius 1 is 1.21 bits per heavy atom. The van der Waals surface area contributed by atoms with Crippen LogP contribution in [0.3, 0.4) is 0 Å². The van der Waals surface area contributed by atoms with Gasteiger partial charge in [0.15, 0.2) is 5.96 Å². The molecule has 0 radical (unpaired) electrons. The third-order valence-corrected chi connectivity index (χ3v) is 5.66. The summed E-state index contributed by atoms with van der Waals surface area (Å²) in [7, 11) is 7.47. The Morgan fingerprint density at radius 3 is 2.52 bits per heavy atom. The van der Waals surface area contributed by atoms with Gasteiger partial charge in [-0.25, -0.2) is 4.68 Å². The summed E-state index contributed by atoms with van der Waals surface area (Å²) in [6.07, 6.45) is 7.99. The first-order chi connectivity index (χ1) is 13.9. The standard InChI is InChI=1S/C22H32N6O/c1-23-21(24-17-22(12-8-9-13-22)20(29)26(2)3)27(4)15-18-14-25-28(16-18)19-10-6-5-7-11-19/h5-7,10-11,14,16H,8-9,12-13,15,17H2,1-4H3,(H,23,24). The summed E-state index contributed by atoms with van der Waals surface area (Å²) >= 11 is 0. The molecule has 0 aliphatic heterocycles. The second-order valence-corrected chi connectivity index (χ2v) is 8.07. The molecule has 0 spiro atoms. The van der Waals surface area contributed by atoms with E-state index in [1.807, 2.05) is 68.6 Å². The molecule has 0 atom stereocenters. The highest BCUT2D eigenvalue weighted by Crippen LogP contribution is 2.38. The summed E-state index contributed by atoms with van der Waals surface area (Å²) in [5.74, 6) is 1.00. The number of nitrogens with one attached hydrogen (secondary N) is 1. The molecule has 2 aromatic rings. The number of guanidine groups is 1. The van der Waals surface area contributed by atoms with Crippen molar-refractivity contribution >= 4 is 11.9 Å². The van der Waals surface area contributed by atoms with Gasteiger partial charge in [0.1, 0.15) is 0 Å². The Kier molecular flexibility index (Phi) is 6.56. The fourth-order valence-electron chi connectivity index (χ4n) is 4.14. The van der Waals surface area contributed by atoms with Crippen molar-refractivity contribution < 1.29 is 4.79 Å². The molecule has 1 aromatic carbocycles. The zero-order valence-corrected chi connectivity index (χ0v) is 17.9. The van der Waals surface area contributed by atoms with Crippen LogP contribution in [0, 0.1) is 5.41 Å². The van der Waals surface area contributed by atoms with E-state index in [1.54, 1.807) is 11.9 Å². The fourth-order valence-corrected chi connectivity index (χ4v) is 4.14. The second-order valence-electron chi connectivity index (χ2n) is 8.07. The maximum absolute atomic E-state index is 12.8. The maximum Gasteiger partial charge on any atom is 0.230 e. The first kappa shape index (κ1) is 20.9. The van der Waals surface area contributed by atoms with Crippen LogP contribution in [0.25, 0.3) is 5.69 Å². The summed E-state index contributed by atoms with van der Waals surface area (Å²) < 4.78 is 1.88. The van der Waals surface area contributed by atoms with Crippen LogP contribution in [0.1, 0.15) is 31.2 Å². The van der Waals surface area contributed by atoms with Crippen molar-refractivity contribution in [3.05, 3.63) is 48.3 Å². The van der Waals surface area contributed by atoms with Crippen molar-refractivity contribution in [2.75, 3.05) is 34.7 Å². The van der Waals surface area contributed by atoms with E-state index in [4.69, 9.17) is 0 Å². The van der Waals surface area contributed by atoms with E-state index in [9.17, 15) is 4.79 Å². The van der Waals surface area contributed by atoms with Gasteiger partial charge in [-0.05, 0) is 25.0 Å². The quantitative estimate of drug-likeness (QED) is 0.602.